The monoisotopic (exact) mass is 88.0 g/mol. The summed E-state index contributed by atoms with van der Waals surface area (Å²) in [6.07, 6.45) is 0. The van der Waals surface area contributed by atoms with Gasteiger partial charge in [0.2, 0.25) is 0 Å². The molecule has 0 spiro atoms. The molecule has 2 N–H and O–H groups in total. The van der Waals surface area contributed by atoms with E-state index >= 15 is 0 Å². The highest BCUT2D eigenvalue weighted by atomic mass is 32.1. The van der Waals surface area contributed by atoms with Crippen molar-refractivity contribution in [2.24, 2.45) is 0 Å². The highest BCUT2D eigenvalue weighted by Gasteiger charge is 1.99. The molecule has 1 heterocycles. The summed E-state index contributed by atoms with van der Waals surface area (Å²) >= 11 is 4.56. The molecule has 1 saturated heterocycles. The van der Waals surface area contributed by atoms with E-state index in [2.05, 4.69) is 22.9 Å². The molecular weight excluding hydrogens is 84.1 g/mol. The summed E-state index contributed by atoms with van der Waals surface area (Å²) in [5, 5.41) is 6.43. The van der Waals surface area contributed by atoms with Gasteiger partial charge in [0.05, 0.1) is 6.67 Å². The summed E-state index contributed by atoms with van der Waals surface area (Å²) in [5.41, 5.74) is 0. The largest absolute Gasteiger partial charge is 0.345 e. The minimum Gasteiger partial charge on any atom is -0.345 e. The molecule has 1 fully saturated rings. The van der Waals surface area contributed by atoms with E-state index < -0.39 is 0 Å². The average Bonchev–Trinajstić information content (AvgIpc) is 1.30. The molecule has 0 radical (unpaired) electrons. The molecule has 1 aliphatic rings. The van der Waals surface area contributed by atoms with Crippen molar-refractivity contribution < 1.29 is 0 Å². The molecule has 0 unspecified atom stereocenters. The lowest BCUT2D eigenvalue weighted by atomic mass is 10.8. The smallest absolute Gasteiger partial charge is 0.169 e. The molecule has 0 saturated carbocycles. The zero-order valence-electron chi connectivity index (χ0n) is 2.62. The van der Waals surface area contributed by atoms with Gasteiger partial charge in [0, 0.05) is 0 Å². The number of thiocarbonyl (C=S) groups is 1. The molecule has 0 aliphatic carbocycles. The van der Waals surface area contributed by atoms with Crippen molar-refractivity contribution in [3.8, 4) is 0 Å². The van der Waals surface area contributed by atoms with Gasteiger partial charge in [-0.25, -0.2) is 0 Å². The van der Waals surface area contributed by atoms with Crippen LogP contribution in [0.25, 0.3) is 0 Å². The van der Waals surface area contributed by atoms with Crippen LogP contribution in [0.4, 0.5) is 0 Å². The Labute approximate surface area is 35.6 Å². The van der Waals surface area contributed by atoms with Gasteiger partial charge in [0.15, 0.2) is 5.11 Å². The third-order valence-electron chi connectivity index (χ3n) is 0.498. The summed E-state index contributed by atoms with van der Waals surface area (Å²) in [6.45, 7) is 0.846. The number of hydrogen-bond donors (Lipinski definition) is 2. The van der Waals surface area contributed by atoms with Crippen LogP contribution in [0.1, 0.15) is 0 Å². The van der Waals surface area contributed by atoms with Crippen LogP contribution in [0.15, 0.2) is 0 Å². The van der Waals surface area contributed by atoms with Crippen LogP contribution in [0.2, 0.25) is 0 Å². The molecule has 3 heteroatoms. The lowest BCUT2D eigenvalue weighted by molar-refractivity contribution is 0.718. The van der Waals surface area contributed by atoms with E-state index in [9.17, 15) is 0 Å². The van der Waals surface area contributed by atoms with Crippen LogP contribution < -0.4 is 10.6 Å². The highest BCUT2D eigenvalue weighted by molar-refractivity contribution is 7.80. The van der Waals surface area contributed by atoms with Crippen molar-refractivity contribution in [1.29, 1.82) is 0 Å². The zero-order valence-corrected chi connectivity index (χ0v) is 3.43. The van der Waals surface area contributed by atoms with E-state index in [1.54, 1.807) is 0 Å². The predicted molar refractivity (Wildman–Crippen MR) is 23.7 cm³/mol. The van der Waals surface area contributed by atoms with Gasteiger partial charge < -0.3 is 10.6 Å². The SMILES string of the molecule is S=C1NCN1. The van der Waals surface area contributed by atoms with Gasteiger partial charge in [0.25, 0.3) is 0 Å². The third-order valence-corrected chi connectivity index (χ3v) is 0.787. The van der Waals surface area contributed by atoms with Gasteiger partial charge in [-0.2, -0.15) is 0 Å². The highest BCUT2D eigenvalue weighted by Crippen LogP contribution is 1.69. The molecule has 1 aliphatic heterocycles. The van der Waals surface area contributed by atoms with Crippen LogP contribution >= 0.6 is 12.2 Å². The lowest BCUT2D eigenvalue weighted by Crippen LogP contribution is -2.53. The molecule has 1 rings (SSSR count). The van der Waals surface area contributed by atoms with E-state index in [1.165, 1.54) is 0 Å². The van der Waals surface area contributed by atoms with Crippen molar-refractivity contribution in [3.63, 3.8) is 0 Å². The molecule has 28 valence electrons. The maximum absolute atomic E-state index is 4.56. The Bertz CT molecular complexity index is 54.7. The average molecular weight is 88.1 g/mol. The Hall–Kier alpha value is -0.310. The standard InChI is InChI=1S/C2H4N2S/c5-2-3-1-4-2/h1H2,(H2,3,4,5). The van der Waals surface area contributed by atoms with Crippen molar-refractivity contribution >= 4 is 17.3 Å². The Kier molecular flexibility index (Phi) is 0.479. The molecule has 0 bridgehead atoms. The number of rotatable bonds is 0. The normalized spacial score (nSPS) is 18.8. The first-order chi connectivity index (χ1) is 2.39. The van der Waals surface area contributed by atoms with E-state index in [4.69, 9.17) is 0 Å². The number of hydrogen-bond acceptors (Lipinski definition) is 1. The van der Waals surface area contributed by atoms with Crippen LogP contribution in [0.5, 0.6) is 0 Å². The Morgan fingerprint density at radius 1 is 1.60 bits per heavy atom. The molecule has 0 aromatic carbocycles. The second-order valence-electron chi connectivity index (χ2n) is 0.859. The maximum Gasteiger partial charge on any atom is 0.169 e. The fraction of sp³-hybridized carbons (Fsp3) is 0.500. The first-order valence-corrected chi connectivity index (χ1v) is 1.82. The van der Waals surface area contributed by atoms with E-state index in [0.29, 0.717) is 0 Å². The van der Waals surface area contributed by atoms with E-state index in [-0.39, 0.29) is 0 Å². The van der Waals surface area contributed by atoms with Gasteiger partial charge in [-0.05, 0) is 12.2 Å². The molecule has 0 amide bonds. The lowest BCUT2D eigenvalue weighted by Gasteiger charge is -2.17. The summed E-state index contributed by atoms with van der Waals surface area (Å²) in [6, 6.07) is 0. The van der Waals surface area contributed by atoms with Crippen LogP contribution in [0.3, 0.4) is 0 Å². The van der Waals surface area contributed by atoms with Gasteiger partial charge in [-0.15, -0.1) is 0 Å². The Balaban J connectivity index is 2.32. The Morgan fingerprint density at radius 3 is 2.00 bits per heavy atom. The molecule has 0 atom stereocenters. The molecule has 2 nitrogen and oxygen atoms in total. The fourth-order valence-corrected chi connectivity index (χ4v) is 0.305. The van der Waals surface area contributed by atoms with Crippen LogP contribution in [0, 0.1) is 0 Å². The topological polar surface area (TPSA) is 24.1 Å². The van der Waals surface area contributed by atoms with Crippen molar-refractivity contribution in [3.05, 3.63) is 0 Å². The Morgan fingerprint density at radius 2 is 2.00 bits per heavy atom. The summed E-state index contributed by atoms with van der Waals surface area (Å²) in [7, 11) is 0. The second kappa shape index (κ2) is 0.825. The summed E-state index contributed by atoms with van der Waals surface area (Å²) in [5.74, 6) is 0. The van der Waals surface area contributed by atoms with Gasteiger partial charge in [-0.3, -0.25) is 0 Å². The quantitative estimate of drug-likeness (QED) is 0.387. The minimum absolute atomic E-state index is 0.769. The molecule has 5 heavy (non-hydrogen) atoms. The summed E-state index contributed by atoms with van der Waals surface area (Å²) in [4.78, 5) is 0. The molecular formula is C2H4N2S. The number of nitrogens with one attached hydrogen (secondary N) is 2. The van der Waals surface area contributed by atoms with Gasteiger partial charge in [-0.1, -0.05) is 0 Å². The van der Waals surface area contributed by atoms with Crippen molar-refractivity contribution in [2.75, 3.05) is 6.67 Å². The molecule has 0 aromatic heterocycles. The van der Waals surface area contributed by atoms with Gasteiger partial charge >= 0.3 is 0 Å². The van der Waals surface area contributed by atoms with Crippen molar-refractivity contribution in [2.45, 2.75) is 0 Å². The zero-order chi connectivity index (χ0) is 3.70. The first kappa shape index (κ1) is 2.90. The fourth-order valence-electron chi connectivity index (χ4n) is 0.161. The van der Waals surface area contributed by atoms with Gasteiger partial charge in [0.1, 0.15) is 0 Å². The second-order valence-corrected chi connectivity index (χ2v) is 1.27. The van der Waals surface area contributed by atoms with Crippen LogP contribution in [-0.4, -0.2) is 11.8 Å². The van der Waals surface area contributed by atoms with E-state index in [1.807, 2.05) is 0 Å². The van der Waals surface area contributed by atoms with Crippen LogP contribution in [-0.2, 0) is 0 Å². The molecule has 0 aromatic rings. The van der Waals surface area contributed by atoms with E-state index in [0.717, 1.165) is 11.8 Å². The summed E-state index contributed by atoms with van der Waals surface area (Å²) < 4.78 is 0. The maximum atomic E-state index is 4.56. The first-order valence-electron chi connectivity index (χ1n) is 1.41. The minimum atomic E-state index is 0.769. The van der Waals surface area contributed by atoms with Crippen molar-refractivity contribution in [1.82, 2.24) is 10.6 Å². The predicted octanol–water partition coefficient (Wildman–Crippen LogP) is -0.578. The third kappa shape index (κ3) is 0.326.